The van der Waals surface area contributed by atoms with Crippen molar-refractivity contribution in [3.63, 3.8) is 0 Å². The van der Waals surface area contributed by atoms with Gasteiger partial charge in [0.25, 0.3) is 0 Å². The van der Waals surface area contributed by atoms with Gasteiger partial charge in [0.05, 0.1) is 74.0 Å². The van der Waals surface area contributed by atoms with Crippen molar-refractivity contribution >= 4 is 62.1 Å². The van der Waals surface area contributed by atoms with Crippen LogP contribution in [0.5, 0.6) is 0 Å². The van der Waals surface area contributed by atoms with Gasteiger partial charge in [-0.1, -0.05) is 43.2 Å². The summed E-state index contributed by atoms with van der Waals surface area (Å²) in [7, 11) is 3.19. The first-order chi connectivity index (χ1) is 38.0. The summed E-state index contributed by atoms with van der Waals surface area (Å²) in [6.07, 6.45) is 14.6. The Morgan fingerprint density at radius 3 is 1.60 bits per heavy atom. The van der Waals surface area contributed by atoms with Gasteiger partial charge in [0.2, 0.25) is 0 Å². The van der Waals surface area contributed by atoms with Gasteiger partial charge in [0, 0.05) is 39.5 Å². The van der Waals surface area contributed by atoms with E-state index in [9.17, 15) is 4.39 Å². The molecule has 3 aromatic heterocycles. The number of nitrogens with zero attached hydrogens (tertiary/aromatic N) is 5. The zero-order chi connectivity index (χ0) is 61.0. The highest BCUT2D eigenvalue weighted by molar-refractivity contribution is 14.1. The summed E-state index contributed by atoms with van der Waals surface area (Å²) in [4.78, 5) is 13.4. The maximum absolute atomic E-state index is 13.8. The first-order valence-corrected chi connectivity index (χ1v) is 29.1. The van der Waals surface area contributed by atoms with Gasteiger partial charge < -0.3 is 51.4 Å². The molecule has 0 spiro atoms. The van der Waals surface area contributed by atoms with E-state index >= 15 is 0 Å². The molecule has 4 fully saturated rings. The molecule has 16 nitrogen and oxygen atoms in total. The van der Waals surface area contributed by atoms with E-state index in [1.54, 1.807) is 39.3 Å². The average Bonchev–Trinajstić information content (AvgIpc) is 3.37. The second kappa shape index (κ2) is 27.5. The first kappa shape index (κ1) is 69.9. The quantitative estimate of drug-likeness (QED) is 0.0793. The van der Waals surface area contributed by atoms with E-state index in [0.29, 0.717) is 37.1 Å². The fraction of sp³-hybridized carbons (Fsp3) is 0.607. The summed E-state index contributed by atoms with van der Waals surface area (Å²) in [5.74, 6) is 3.76. The zero-order valence-electron chi connectivity index (χ0n) is 52.1. The molecule has 2 aliphatic carbocycles. The molecule has 83 heavy (non-hydrogen) atoms. The Morgan fingerprint density at radius 2 is 1.17 bits per heavy atom. The van der Waals surface area contributed by atoms with Crippen LogP contribution in [-0.2, 0) is 64.3 Å². The fourth-order valence-electron chi connectivity index (χ4n) is 9.50. The third-order valence-electron chi connectivity index (χ3n) is 17.2. The van der Waals surface area contributed by atoms with Crippen LogP contribution in [0.4, 0.5) is 4.39 Å². The van der Waals surface area contributed by atoms with Crippen molar-refractivity contribution in [2.24, 2.45) is 5.92 Å². The average molecular weight is 1260 g/mol. The number of aromatic nitrogens is 5. The van der Waals surface area contributed by atoms with E-state index in [4.69, 9.17) is 58.1 Å². The van der Waals surface area contributed by atoms with E-state index in [1.807, 2.05) is 115 Å². The minimum Gasteiger partial charge on any atom is -0.405 e. The molecule has 0 N–H and O–H groups in total. The minimum absolute atomic E-state index is 0. The van der Waals surface area contributed by atoms with Crippen molar-refractivity contribution in [2.75, 3.05) is 41.2 Å². The minimum atomic E-state index is -0.476. The normalized spacial score (nSPS) is 22.0. The third-order valence-corrected chi connectivity index (χ3v) is 17.9. The first-order valence-electron chi connectivity index (χ1n) is 28.0. The maximum atomic E-state index is 13.8. The molecule has 22 heteroatoms. The molecular weight excluding hydrogens is 1170 g/mol. The standard InChI is InChI=1S/C24H19FIN5.C12H24B2O4.2C10H19BO3.C4H6O.CH4/c25-18-10-17(11-27-12-18)23-29-22(31-24(30-23)21(26)13-28-31)8-14-5-6-16-9-15-3-1-2-4-19(15)20(16)7-14;1-9(2)10(3,4)16-13(15-9)14-17-11(5,6)12(7,8)18-14;2*1-8(7-12-6)11-13-9(2,3)10(4,5)14-11;1-3-4-5-2;/h1-4,10-14H,5-9H2;1-8H3;2*1,7H2,2-6H3;1H,4H2,2H3;1H4/t14-;;;;;/m1...../s1. The Morgan fingerprint density at radius 1 is 0.699 bits per heavy atom. The van der Waals surface area contributed by atoms with E-state index in [1.165, 1.54) is 29.0 Å². The number of methoxy groups -OCH3 is 3. The number of pyridine rings is 1. The number of ether oxygens (including phenoxy) is 3. The highest BCUT2D eigenvalue weighted by atomic mass is 127. The summed E-state index contributed by atoms with van der Waals surface area (Å²) < 4.78 is 77.9. The number of hydrogen-bond acceptors (Lipinski definition) is 15. The molecule has 4 aromatic rings. The largest absolute Gasteiger partial charge is 0.492 e. The van der Waals surface area contributed by atoms with Crippen molar-refractivity contribution < 1.29 is 55.8 Å². The topological polar surface area (TPSA) is 158 Å². The van der Waals surface area contributed by atoms with Gasteiger partial charge in [-0.25, -0.2) is 14.4 Å². The van der Waals surface area contributed by atoms with Crippen LogP contribution in [0.1, 0.15) is 154 Å². The highest BCUT2D eigenvalue weighted by Gasteiger charge is 2.64. The molecule has 10 rings (SSSR count). The number of rotatable bonds is 11. The number of fused-ring (bicyclic) bond motifs is 3. The van der Waals surface area contributed by atoms with Gasteiger partial charge in [-0.05, 0) is 199 Å². The number of hydrogen-bond donors (Lipinski definition) is 0. The van der Waals surface area contributed by atoms with Gasteiger partial charge in [-0.15, -0.1) is 19.6 Å². The second-order valence-electron chi connectivity index (χ2n) is 25.6. The van der Waals surface area contributed by atoms with E-state index in [-0.39, 0.29) is 66.5 Å². The number of benzene rings is 1. The number of allylic oxidation sites excluding steroid dienone is 2. The summed E-state index contributed by atoms with van der Waals surface area (Å²) >= 11 is 2.23. The predicted molar refractivity (Wildman–Crippen MR) is 339 cm³/mol. The molecule has 0 amide bonds. The molecule has 6 aliphatic rings. The zero-order valence-corrected chi connectivity index (χ0v) is 54.3. The molecule has 0 bridgehead atoms. The summed E-state index contributed by atoms with van der Waals surface area (Å²) in [6, 6.07) is 10.2. The Labute approximate surface area is 510 Å². The molecule has 1 atom stereocenters. The second-order valence-corrected chi connectivity index (χ2v) is 26.7. The van der Waals surface area contributed by atoms with Gasteiger partial charge in [0.1, 0.15) is 18.2 Å². The van der Waals surface area contributed by atoms with Gasteiger partial charge >= 0.3 is 28.3 Å². The van der Waals surface area contributed by atoms with E-state index in [0.717, 1.165) is 58.1 Å². The van der Waals surface area contributed by atoms with Crippen LogP contribution in [0.2, 0.25) is 0 Å². The molecule has 0 saturated carbocycles. The molecule has 7 heterocycles. The SMILES string of the molecule is C.C#CCOC.C=C(COC)B1OC(C)(C)C(C)(C)O1.C=C(COC)B1OC(C)(C)C(C)(C)O1.CC1(C)OB(B2OC(C)(C)C(C)(C)O2)OC1(C)C.Fc1cncc(-c2nc(C[C@@H]3CCC4=C(C3)c3ccccc3C4)n3ncc(I)c3n2)c1. The van der Waals surface area contributed by atoms with Crippen molar-refractivity contribution in [1.82, 2.24) is 24.6 Å². The molecule has 1 aromatic carbocycles. The number of halogens is 2. The smallest absolute Gasteiger partial charge is 0.405 e. The van der Waals surface area contributed by atoms with Crippen molar-refractivity contribution in [3.05, 3.63) is 105 Å². The summed E-state index contributed by atoms with van der Waals surface area (Å²) in [6.45, 7) is 41.5. The lowest BCUT2D eigenvalue weighted by Crippen LogP contribution is -2.41. The fourth-order valence-corrected chi connectivity index (χ4v) is 9.98. The number of terminal acetylenes is 1. The maximum Gasteiger partial charge on any atom is 0.492 e. The van der Waals surface area contributed by atoms with Crippen molar-refractivity contribution in [1.29, 1.82) is 0 Å². The lowest BCUT2D eigenvalue weighted by Gasteiger charge is -2.32. The highest BCUT2D eigenvalue weighted by Crippen LogP contribution is 2.46. The van der Waals surface area contributed by atoms with Crippen molar-refractivity contribution in [3.8, 4) is 23.7 Å². The molecule has 452 valence electrons. The Bertz CT molecular complexity index is 2830. The van der Waals surface area contributed by atoms with Gasteiger partial charge in [-0.3, -0.25) is 4.98 Å². The van der Waals surface area contributed by atoms with Gasteiger partial charge in [-0.2, -0.15) is 9.61 Å². The lowest BCUT2D eigenvalue weighted by atomic mass is 9.49. The monoisotopic (exact) mass is 1260 g/mol. The van der Waals surface area contributed by atoms with Gasteiger partial charge in [0.15, 0.2) is 11.5 Å². The lowest BCUT2D eigenvalue weighted by molar-refractivity contribution is 0.00578. The Kier molecular flexibility index (Phi) is 23.2. The van der Waals surface area contributed by atoms with Crippen LogP contribution in [0, 0.1) is 27.6 Å². The van der Waals surface area contributed by atoms with E-state index in [2.05, 4.69) is 85.7 Å². The molecular formula is C61H91B4FIN5O11. The Hall–Kier alpha value is -3.82. The Balaban J connectivity index is 0.000000209. The summed E-state index contributed by atoms with van der Waals surface area (Å²) in [5, 5.41) is 4.52. The van der Waals surface area contributed by atoms with Crippen LogP contribution in [0.3, 0.4) is 0 Å². The molecule has 0 radical (unpaired) electrons. The molecule has 4 saturated heterocycles. The van der Waals surface area contributed by atoms with Crippen LogP contribution < -0.4 is 0 Å². The van der Waals surface area contributed by atoms with Crippen LogP contribution >= 0.6 is 22.6 Å². The molecule has 0 unspecified atom stereocenters. The molecule has 4 aliphatic heterocycles. The van der Waals surface area contributed by atoms with E-state index < -0.39 is 19.8 Å². The van der Waals surface area contributed by atoms with Crippen LogP contribution in [-0.4, -0.2) is 139 Å². The van der Waals surface area contributed by atoms with Crippen LogP contribution in [0.15, 0.2) is 78.6 Å². The summed E-state index contributed by atoms with van der Waals surface area (Å²) in [5.41, 5.74) is 6.38. The third kappa shape index (κ3) is 16.2. The van der Waals surface area contributed by atoms with Crippen LogP contribution in [0.25, 0.3) is 22.6 Å². The predicted octanol–water partition coefficient (Wildman–Crippen LogP) is 12.1. The van der Waals surface area contributed by atoms with Crippen molar-refractivity contribution in [2.45, 2.75) is 195 Å².